The molecule has 2 N–H and O–H groups in total. The minimum absolute atomic E-state index is 0.104. The predicted octanol–water partition coefficient (Wildman–Crippen LogP) is 2.57. The van der Waals surface area contributed by atoms with Crippen LogP contribution in [0.2, 0.25) is 0 Å². The van der Waals surface area contributed by atoms with Crippen LogP contribution in [-0.4, -0.2) is 24.2 Å². The monoisotopic (exact) mass is 265 g/mol. The fraction of sp³-hybridized carbons (Fsp3) is 0.667. The first-order chi connectivity index (χ1) is 9.06. The molecule has 1 aliphatic rings. The Morgan fingerprint density at radius 2 is 2.05 bits per heavy atom. The normalized spacial score (nSPS) is 18.3. The lowest BCUT2D eigenvalue weighted by molar-refractivity contribution is 0.0717. The Balaban J connectivity index is 1.97. The molecule has 4 nitrogen and oxygen atoms in total. The van der Waals surface area contributed by atoms with Crippen LogP contribution in [0.25, 0.3) is 0 Å². The molecule has 1 aromatic heterocycles. The van der Waals surface area contributed by atoms with Crippen LogP contribution in [-0.2, 0) is 0 Å². The first-order valence-corrected chi connectivity index (χ1v) is 7.02. The number of furan rings is 1. The minimum Gasteiger partial charge on any atom is -0.466 e. The second kappa shape index (κ2) is 5.78. The van der Waals surface area contributed by atoms with Gasteiger partial charge in [-0.2, -0.15) is 0 Å². The summed E-state index contributed by atoms with van der Waals surface area (Å²) in [6.07, 6.45) is 5.50. The molecule has 0 saturated heterocycles. The van der Waals surface area contributed by atoms with Crippen molar-refractivity contribution in [2.45, 2.75) is 46.0 Å². The van der Waals surface area contributed by atoms with Crippen LogP contribution in [0.4, 0.5) is 0 Å². The second-order valence-electron chi connectivity index (χ2n) is 5.73. The van der Waals surface area contributed by atoms with Gasteiger partial charge in [-0.15, -0.1) is 0 Å². The van der Waals surface area contributed by atoms with Crippen molar-refractivity contribution in [3.05, 3.63) is 23.2 Å². The van der Waals surface area contributed by atoms with Crippen LogP contribution in [0.15, 0.2) is 10.5 Å². The van der Waals surface area contributed by atoms with Crippen LogP contribution in [0.3, 0.4) is 0 Å². The number of amides is 1. The summed E-state index contributed by atoms with van der Waals surface area (Å²) < 4.78 is 5.37. The minimum atomic E-state index is -0.124. The zero-order valence-corrected chi connectivity index (χ0v) is 11.8. The summed E-state index contributed by atoms with van der Waals surface area (Å²) in [5.74, 6) is 1.29. The van der Waals surface area contributed by atoms with Crippen molar-refractivity contribution >= 4 is 5.91 Å². The molecule has 1 fully saturated rings. The van der Waals surface area contributed by atoms with Crippen molar-refractivity contribution in [2.75, 3.05) is 13.2 Å². The van der Waals surface area contributed by atoms with E-state index in [0.29, 0.717) is 17.9 Å². The van der Waals surface area contributed by atoms with Crippen LogP contribution in [0.1, 0.15) is 54.0 Å². The van der Waals surface area contributed by atoms with Gasteiger partial charge >= 0.3 is 0 Å². The Morgan fingerprint density at radius 3 is 2.58 bits per heavy atom. The molecule has 0 radical (unpaired) electrons. The number of rotatable bonds is 4. The van der Waals surface area contributed by atoms with Gasteiger partial charge in [-0.25, -0.2) is 0 Å². The lowest BCUT2D eigenvalue weighted by Crippen LogP contribution is -2.41. The van der Waals surface area contributed by atoms with Gasteiger partial charge in [0, 0.05) is 12.0 Å². The van der Waals surface area contributed by atoms with Gasteiger partial charge in [0.05, 0.1) is 12.2 Å². The third-order valence-electron chi connectivity index (χ3n) is 4.16. The van der Waals surface area contributed by atoms with Crippen molar-refractivity contribution in [2.24, 2.45) is 5.41 Å². The largest absolute Gasteiger partial charge is 0.466 e. The van der Waals surface area contributed by atoms with E-state index in [2.05, 4.69) is 5.32 Å². The predicted molar refractivity (Wildman–Crippen MR) is 73.1 cm³/mol. The smallest absolute Gasteiger partial charge is 0.254 e. The number of nitrogens with one attached hydrogen (secondary N) is 1. The number of hydrogen-bond acceptors (Lipinski definition) is 3. The van der Waals surface area contributed by atoms with Gasteiger partial charge in [0.1, 0.15) is 11.5 Å². The SMILES string of the molecule is Cc1cc(C(=O)NCC2(CO)CCCCC2)c(C)o1. The van der Waals surface area contributed by atoms with E-state index < -0.39 is 0 Å². The Kier molecular flexibility index (Phi) is 4.30. The lowest BCUT2D eigenvalue weighted by atomic mass is 9.74. The van der Waals surface area contributed by atoms with Crippen molar-refractivity contribution in [1.82, 2.24) is 5.32 Å². The van der Waals surface area contributed by atoms with Crippen molar-refractivity contribution < 1.29 is 14.3 Å². The molecule has 106 valence electrons. The molecule has 1 aliphatic carbocycles. The fourth-order valence-corrected chi connectivity index (χ4v) is 2.91. The van der Waals surface area contributed by atoms with Gasteiger partial charge in [-0.3, -0.25) is 4.79 Å². The number of carbonyl (C=O) groups is 1. The number of hydrogen-bond donors (Lipinski definition) is 2. The van der Waals surface area contributed by atoms with Crippen molar-refractivity contribution in [3.8, 4) is 0 Å². The van der Waals surface area contributed by atoms with E-state index in [1.165, 1.54) is 6.42 Å². The van der Waals surface area contributed by atoms with Gasteiger partial charge < -0.3 is 14.8 Å². The number of aliphatic hydroxyl groups excluding tert-OH is 1. The molecule has 4 heteroatoms. The van der Waals surface area contributed by atoms with Crippen molar-refractivity contribution in [3.63, 3.8) is 0 Å². The zero-order valence-electron chi connectivity index (χ0n) is 11.8. The van der Waals surface area contributed by atoms with Gasteiger partial charge in [-0.05, 0) is 32.8 Å². The molecule has 1 saturated carbocycles. The lowest BCUT2D eigenvalue weighted by Gasteiger charge is -2.35. The van der Waals surface area contributed by atoms with Gasteiger partial charge in [-0.1, -0.05) is 19.3 Å². The zero-order chi connectivity index (χ0) is 13.9. The standard InChI is InChI=1S/C15H23NO3/c1-11-8-13(12(2)19-11)14(18)16-9-15(10-17)6-4-3-5-7-15/h8,17H,3-7,9-10H2,1-2H3,(H,16,18). The third kappa shape index (κ3) is 3.18. The van der Waals surface area contributed by atoms with E-state index in [1.54, 1.807) is 13.0 Å². The van der Waals surface area contributed by atoms with E-state index in [9.17, 15) is 9.90 Å². The molecule has 1 aromatic rings. The maximum absolute atomic E-state index is 12.1. The first kappa shape index (κ1) is 14.1. The Labute approximate surface area is 114 Å². The average Bonchev–Trinajstić information content (AvgIpc) is 2.76. The van der Waals surface area contributed by atoms with Gasteiger partial charge in [0.25, 0.3) is 5.91 Å². The summed E-state index contributed by atoms with van der Waals surface area (Å²) in [4.78, 5) is 12.1. The number of aryl methyl sites for hydroxylation is 2. The van der Waals surface area contributed by atoms with E-state index in [1.807, 2.05) is 6.92 Å². The summed E-state index contributed by atoms with van der Waals surface area (Å²) in [5.41, 5.74) is 0.474. The summed E-state index contributed by atoms with van der Waals surface area (Å²) in [6, 6.07) is 1.76. The maximum atomic E-state index is 12.1. The molecule has 1 heterocycles. The van der Waals surface area contributed by atoms with Crippen LogP contribution >= 0.6 is 0 Å². The highest BCUT2D eigenvalue weighted by Crippen LogP contribution is 2.35. The molecule has 0 spiro atoms. The highest BCUT2D eigenvalue weighted by molar-refractivity contribution is 5.95. The van der Waals surface area contributed by atoms with E-state index >= 15 is 0 Å². The Bertz CT molecular complexity index is 444. The summed E-state index contributed by atoms with van der Waals surface area (Å²) in [6.45, 7) is 4.33. The highest BCUT2D eigenvalue weighted by Gasteiger charge is 2.32. The maximum Gasteiger partial charge on any atom is 0.254 e. The molecular formula is C15H23NO3. The Morgan fingerprint density at radius 1 is 1.37 bits per heavy atom. The van der Waals surface area contributed by atoms with Crippen LogP contribution < -0.4 is 5.32 Å². The molecule has 2 rings (SSSR count). The highest BCUT2D eigenvalue weighted by atomic mass is 16.3. The fourth-order valence-electron chi connectivity index (χ4n) is 2.91. The first-order valence-electron chi connectivity index (χ1n) is 7.02. The van der Waals surface area contributed by atoms with Crippen molar-refractivity contribution in [1.29, 1.82) is 0 Å². The van der Waals surface area contributed by atoms with Crippen LogP contribution in [0, 0.1) is 19.3 Å². The number of carbonyl (C=O) groups excluding carboxylic acids is 1. The van der Waals surface area contributed by atoms with Gasteiger partial charge in [0.15, 0.2) is 0 Å². The molecule has 0 bridgehead atoms. The molecule has 0 aliphatic heterocycles. The molecule has 0 unspecified atom stereocenters. The summed E-state index contributed by atoms with van der Waals surface area (Å²) in [5, 5.41) is 12.6. The molecule has 0 atom stereocenters. The molecule has 19 heavy (non-hydrogen) atoms. The topological polar surface area (TPSA) is 62.5 Å². The molecule has 1 amide bonds. The quantitative estimate of drug-likeness (QED) is 0.879. The molecular weight excluding hydrogens is 242 g/mol. The Hall–Kier alpha value is -1.29. The van der Waals surface area contributed by atoms with Gasteiger partial charge in [0.2, 0.25) is 0 Å². The van der Waals surface area contributed by atoms with E-state index in [0.717, 1.165) is 31.4 Å². The summed E-state index contributed by atoms with van der Waals surface area (Å²) >= 11 is 0. The molecule has 0 aromatic carbocycles. The van der Waals surface area contributed by atoms with E-state index in [-0.39, 0.29) is 17.9 Å². The van der Waals surface area contributed by atoms with Crippen LogP contribution in [0.5, 0.6) is 0 Å². The second-order valence-corrected chi connectivity index (χ2v) is 5.73. The average molecular weight is 265 g/mol. The number of aliphatic hydroxyl groups is 1. The third-order valence-corrected chi connectivity index (χ3v) is 4.16. The summed E-state index contributed by atoms with van der Waals surface area (Å²) in [7, 11) is 0. The van der Waals surface area contributed by atoms with E-state index in [4.69, 9.17) is 4.42 Å².